The van der Waals surface area contributed by atoms with Crippen LogP contribution < -0.4 is 24.8 Å². The van der Waals surface area contributed by atoms with Crippen molar-refractivity contribution in [2.75, 3.05) is 26.1 Å². The minimum atomic E-state index is -0.302. The molecule has 4 rings (SSSR count). The van der Waals surface area contributed by atoms with Gasteiger partial charge in [0.1, 0.15) is 17.2 Å². The van der Waals surface area contributed by atoms with Gasteiger partial charge in [0, 0.05) is 0 Å². The maximum Gasteiger partial charge on any atom is 0.264 e. The molecule has 178 valence electrons. The van der Waals surface area contributed by atoms with Gasteiger partial charge >= 0.3 is 0 Å². The molecule has 1 aliphatic heterocycles. The highest BCUT2D eigenvalue weighted by atomic mass is 32.2. The van der Waals surface area contributed by atoms with Gasteiger partial charge in [0.25, 0.3) is 11.8 Å². The first-order valence-electron chi connectivity index (χ1n) is 10.6. The normalized spacial score (nSPS) is 15.1. The molecule has 1 saturated heterocycles. The third-order valence-electron chi connectivity index (χ3n) is 4.88. The Hall–Kier alpha value is -4.24. The van der Waals surface area contributed by atoms with Gasteiger partial charge in [-0.25, -0.2) is 4.99 Å². The summed E-state index contributed by atoms with van der Waals surface area (Å²) in [6.07, 6.45) is 1.77. The van der Waals surface area contributed by atoms with Crippen LogP contribution in [0.4, 0.5) is 11.4 Å². The summed E-state index contributed by atoms with van der Waals surface area (Å²) >= 11 is 1.27. The average Bonchev–Trinajstić information content (AvgIpc) is 3.22. The Morgan fingerprint density at radius 1 is 0.971 bits per heavy atom. The van der Waals surface area contributed by atoms with E-state index < -0.39 is 0 Å². The number of methoxy groups -OCH3 is 2. The predicted molar refractivity (Wildman–Crippen MR) is 137 cm³/mol. The van der Waals surface area contributed by atoms with E-state index in [0.29, 0.717) is 32.9 Å². The fourth-order valence-corrected chi connectivity index (χ4v) is 3.99. The van der Waals surface area contributed by atoms with Gasteiger partial charge in [-0.05, 0) is 71.9 Å². The lowest BCUT2D eigenvalue weighted by molar-refractivity contribution is -0.118. The molecule has 1 fully saturated rings. The van der Waals surface area contributed by atoms with Crippen LogP contribution in [0.2, 0.25) is 0 Å². The quantitative estimate of drug-likeness (QED) is 0.449. The molecule has 3 aromatic carbocycles. The number of benzene rings is 3. The predicted octanol–water partition coefficient (Wildman–Crippen LogP) is 4.61. The molecule has 1 heterocycles. The van der Waals surface area contributed by atoms with Crippen LogP contribution in [0.25, 0.3) is 6.08 Å². The molecule has 0 atom stereocenters. The zero-order valence-corrected chi connectivity index (χ0v) is 19.9. The molecule has 3 aromatic rings. The number of para-hydroxylation sites is 2. The summed E-state index contributed by atoms with van der Waals surface area (Å²) in [6, 6.07) is 21.5. The number of anilines is 1. The number of rotatable bonds is 8. The molecule has 0 unspecified atom stereocenters. The standard InChI is InChI=1S/C26H23N3O5S/c1-32-19-13-9-18(10-14-19)27-26-29-25(31)23(35-26)15-17-7-11-20(12-8-17)34-16-24(30)28-21-5-3-4-6-22(21)33-2/h3-15H,16H2,1-2H3,(H,28,30)(H,27,29,31)/b23-15-. The summed E-state index contributed by atoms with van der Waals surface area (Å²) in [6.45, 7) is -0.151. The fourth-order valence-electron chi connectivity index (χ4n) is 3.15. The van der Waals surface area contributed by atoms with Crippen molar-refractivity contribution in [1.29, 1.82) is 0 Å². The molecular formula is C26H23N3O5S. The van der Waals surface area contributed by atoms with Crippen molar-refractivity contribution in [1.82, 2.24) is 5.32 Å². The van der Waals surface area contributed by atoms with Crippen molar-refractivity contribution in [2.24, 2.45) is 4.99 Å². The lowest BCUT2D eigenvalue weighted by Gasteiger charge is -2.10. The van der Waals surface area contributed by atoms with Crippen molar-refractivity contribution in [3.63, 3.8) is 0 Å². The van der Waals surface area contributed by atoms with E-state index in [2.05, 4.69) is 15.6 Å². The van der Waals surface area contributed by atoms with Gasteiger partial charge in [0.05, 0.1) is 30.5 Å². The Kier molecular flexibility index (Phi) is 7.69. The Labute approximate surface area is 207 Å². The number of hydrogen-bond donors (Lipinski definition) is 2. The summed E-state index contributed by atoms with van der Waals surface area (Å²) in [5.74, 6) is 1.33. The van der Waals surface area contributed by atoms with Crippen molar-refractivity contribution in [3.8, 4) is 17.2 Å². The first-order valence-corrected chi connectivity index (χ1v) is 11.4. The largest absolute Gasteiger partial charge is 0.497 e. The highest BCUT2D eigenvalue weighted by molar-refractivity contribution is 8.18. The number of thioether (sulfide) groups is 1. The van der Waals surface area contributed by atoms with Crippen LogP contribution in [0.5, 0.6) is 17.2 Å². The highest BCUT2D eigenvalue weighted by Crippen LogP contribution is 2.29. The number of carbonyl (C=O) groups is 2. The number of nitrogens with zero attached hydrogens (tertiary/aromatic N) is 1. The van der Waals surface area contributed by atoms with Gasteiger partial charge in [-0.15, -0.1) is 0 Å². The Balaban J connectivity index is 1.33. The molecule has 0 spiro atoms. The second kappa shape index (κ2) is 11.3. The summed E-state index contributed by atoms with van der Waals surface area (Å²) in [4.78, 5) is 29.5. The Bertz CT molecular complexity index is 1270. The maximum atomic E-state index is 12.3. The first-order chi connectivity index (χ1) is 17.0. The SMILES string of the molecule is COc1ccc(N=C2NC(=O)/C(=C/c3ccc(OCC(=O)Nc4ccccc4OC)cc3)S2)cc1. The van der Waals surface area contributed by atoms with E-state index in [1.165, 1.54) is 11.8 Å². The van der Waals surface area contributed by atoms with Crippen LogP contribution in [0.1, 0.15) is 5.56 Å². The second-order valence-electron chi connectivity index (χ2n) is 7.29. The number of nitrogens with one attached hydrogen (secondary N) is 2. The third-order valence-corrected chi connectivity index (χ3v) is 5.79. The van der Waals surface area contributed by atoms with E-state index in [1.807, 2.05) is 48.5 Å². The molecular weight excluding hydrogens is 466 g/mol. The number of ether oxygens (including phenoxy) is 3. The minimum absolute atomic E-state index is 0.151. The van der Waals surface area contributed by atoms with Crippen molar-refractivity contribution in [2.45, 2.75) is 0 Å². The molecule has 0 bridgehead atoms. The van der Waals surface area contributed by atoms with Gasteiger partial charge in [0.15, 0.2) is 11.8 Å². The number of carbonyl (C=O) groups excluding carboxylic acids is 2. The van der Waals surface area contributed by atoms with Gasteiger partial charge in [-0.3, -0.25) is 9.59 Å². The summed E-state index contributed by atoms with van der Waals surface area (Å²) in [5, 5.41) is 6.04. The topological polar surface area (TPSA) is 98.3 Å². The molecule has 1 aliphatic rings. The van der Waals surface area contributed by atoms with E-state index in [1.54, 1.807) is 44.6 Å². The maximum absolute atomic E-state index is 12.3. The third kappa shape index (κ3) is 6.42. The van der Waals surface area contributed by atoms with Crippen molar-refractivity contribution >= 4 is 46.2 Å². The minimum Gasteiger partial charge on any atom is -0.497 e. The number of hydrogen-bond acceptors (Lipinski definition) is 7. The fraction of sp³-hybridized carbons (Fsp3) is 0.115. The van der Waals surface area contributed by atoms with E-state index in [0.717, 1.165) is 11.3 Å². The van der Waals surface area contributed by atoms with Crippen molar-refractivity contribution < 1.29 is 23.8 Å². The zero-order chi connectivity index (χ0) is 24.6. The van der Waals surface area contributed by atoms with Gasteiger partial charge in [0.2, 0.25) is 0 Å². The zero-order valence-electron chi connectivity index (χ0n) is 19.1. The average molecular weight is 490 g/mol. The number of aliphatic imine (C=N–C) groups is 1. The van der Waals surface area contributed by atoms with E-state index >= 15 is 0 Å². The lowest BCUT2D eigenvalue weighted by Crippen LogP contribution is -2.20. The van der Waals surface area contributed by atoms with Crippen LogP contribution in [-0.4, -0.2) is 37.8 Å². The molecule has 0 aromatic heterocycles. The summed E-state index contributed by atoms with van der Waals surface area (Å²) in [5.41, 5.74) is 2.11. The van der Waals surface area contributed by atoms with E-state index in [9.17, 15) is 9.59 Å². The number of amides is 2. The molecule has 2 amide bonds. The molecule has 0 radical (unpaired) electrons. The summed E-state index contributed by atoms with van der Waals surface area (Å²) in [7, 11) is 3.14. The van der Waals surface area contributed by atoms with Crippen LogP contribution in [0.3, 0.4) is 0 Å². The molecule has 8 nitrogen and oxygen atoms in total. The second-order valence-corrected chi connectivity index (χ2v) is 8.32. The van der Waals surface area contributed by atoms with Crippen LogP contribution in [0.15, 0.2) is 82.7 Å². The molecule has 9 heteroatoms. The van der Waals surface area contributed by atoms with Crippen LogP contribution >= 0.6 is 11.8 Å². The van der Waals surface area contributed by atoms with Gasteiger partial charge in [-0.1, -0.05) is 24.3 Å². The smallest absolute Gasteiger partial charge is 0.264 e. The van der Waals surface area contributed by atoms with Gasteiger partial charge in [-0.2, -0.15) is 0 Å². The lowest BCUT2D eigenvalue weighted by atomic mass is 10.2. The Morgan fingerprint density at radius 3 is 2.40 bits per heavy atom. The first kappa shape index (κ1) is 23.9. The monoisotopic (exact) mass is 489 g/mol. The molecule has 0 saturated carbocycles. The van der Waals surface area contributed by atoms with Crippen LogP contribution in [-0.2, 0) is 9.59 Å². The molecule has 35 heavy (non-hydrogen) atoms. The van der Waals surface area contributed by atoms with E-state index in [-0.39, 0.29) is 18.4 Å². The van der Waals surface area contributed by atoms with Crippen molar-refractivity contribution in [3.05, 3.63) is 83.3 Å². The molecule has 2 N–H and O–H groups in total. The van der Waals surface area contributed by atoms with Gasteiger partial charge < -0.3 is 24.8 Å². The Morgan fingerprint density at radius 2 is 1.69 bits per heavy atom. The number of amidine groups is 1. The highest BCUT2D eigenvalue weighted by Gasteiger charge is 2.23. The van der Waals surface area contributed by atoms with E-state index in [4.69, 9.17) is 14.2 Å². The van der Waals surface area contributed by atoms with Crippen LogP contribution in [0, 0.1) is 0 Å². The molecule has 0 aliphatic carbocycles. The summed E-state index contributed by atoms with van der Waals surface area (Å²) < 4.78 is 15.9.